The van der Waals surface area contributed by atoms with Crippen LogP contribution in [0.5, 0.6) is 0 Å². The van der Waals surface area contributed by atoms with Crippen LogP contribution in [-0.4, -0.2) is 18.8 Å². The van der Waals surface area contributed by atoms with E-state index in [4.69, 9.17) is 16.2 Å². The number of rotatable bonds is 6. The Morgan fingerprint density at radius 1 is 1.35 bits per heavy atom. The normalized spacial score (nSPS) is 32.5. The van der Waals surface area contributed by atoms with Gasteiger partial charge in [-0.25, -0.2) is 4.39 Å². The highest BCUT2D eigenvalue weighted by Crippen LogP contribution is 2.33. The van der Waals surface area contributed by atoms with Crippen LogP contribution in [0.1, 0.15) is 59.3 Å². The Kier molecular flexibility index (Phi) is 7.35. The van der Waals surface area contributed by atoms with Crippen LogP contribution >= 0.6 is 0 Å². The molecule has 0 heterocycles. The third-order valence-electron chi connectivity index (χ3n) is 4.57. The van der Waals surface area contributed by atoms with E-state index in [-0.39, 0.29) is 12.0 Å². The van der Waals surface area contributed by atoms with Crippen LogP contribution in [0.3, 0.4) is 0 Å². The van der Waals surface area contributed by atoms with Crippen molar-refractivity contribution in [2.75, 3.05) is 6.61 Å². The van der Waals surface area contributed by atoms with Gasteiger partial charge in [0, 0.05) is 6.04 Å². The monoisotopic (exact) mass is 286 g/mol. The van der Waals surface area contributed by atoms with Crippen molar-refractivity contribution in [1.29, 1.82) is 0 Å². The summed E-state index contributed by atoms with van der Waals surface area (Å²) in [6.07, 6.45) is 4.23. The predicted molar refractivity (Wildman–Crippen MR) is 81.7 cm³/mol. The van der Waals surface area contributed by atoms with Gasteiger partial charge in [-0.1, -0.05) is 13.8 Å². The van der Waals surface area contributed by atoms with E-state index >= 15 is 0 Å². The fraction of sp³-hybridized carbons (Fsp3) is 0.875. The van der Waals surface area contributed by atoms with E-state index in [2.05, 4.69) is 13.8 Å². The van der Waals surface area contributed by atoms with Gasteiger partial charge in [-0.2, -0.15) is 0 Å². The molecule has 1 aliphatic rings. The van der Waals surface area contributed by atoms with Crippen LogP contribution in [0.4, 0.5) is 4.39 Å². The van der Waals surface area contributed by atoms with E-state index in [1.807, 2.05) is 6.92 Å². The molecule has 1 aliphatic carbocycles. The molecule has 0 amide bonds. The van der Waals surface area contributed by atoms with Crippen molar-refractivity contribution >= 4 is 0 Å². The molecular weight excluding hydrogens is 255 g/mol. The molecule has 4 N–H and O–H groups in total. The average Bonchev–Trinajstić information content (AvgIpc) is 2.54. The molecule has 1 fully saturated rings. The lowest BCUT2D eigenvalue weighted by atomic mass is 9.84. The van der Waals surface area contributed by atoms with Gasteiger partial charge in [-0.3, -0.25) is 0 Å². The van der Waals surface area contributed by atoms with Crippen molar-refractivity contribution in [2.24, 2.45) is 23.3 Å². The molecule has 4 heteroatoms. The molecule has 1 saturated carbocycles. The Labute approximate surface area is 122 Å². The summed E-state index contributed by atoms with van der Waals surface area (Å²) in [6.45, 7) is 6.72. The van der Waals surface area contributed by atoms with Crippen molar-refractivity contribution in [3.05, 3.63) is 11.5 Å². The standard InChI is InChI=1S/C16H31FN2O/c1-4-11(2)16(19)20-9-5-6-14-12(3)10-13(18)7-8-15(14)17/h12-15H,4-10,18-19H2,1-3H3/b16-11+/t12?,13-,14-,15?/m1/s1. The van der Waals surface area contributed by atoms with Gasteiger partial charge < -0.3 is 16.2 Å². The maximum atomic E-state index is 14.2. The average molecular weight is 286 g/mol. The first-order valence-corrected chi connectivity index (χ1v) is 7.93. The summed E-state index contributed by atoms with van der Waals surface area (Å²) in [7, 11) is 0. The Balaban J connectivity index is 2.36. The Bertz CT molecular complexity index is 320. The summed E-state index contributed by atoms with van der Waals surface area (Å²) in [4.78, 5) is 0. The lowest BCUT2D eigenvalue weighted by Crippen LogP contribution is -2.24. The van der Waals surface area contributed by atoms with E-state index in [1.54, 1.807) is 0 Å². The van der Waals surface area contributed by atoms with Crippen molar-refractivity contribution in [3.8, 4) is 0 Å². The van der Waals surface area contributed by atoms with Gasteiger partial charge >= 0.3 is 0 Å². The maximum absolute atomic E-state index is 14.2. The first-order valence-electron chi connectivity index (χ1n) is 7.93. The minimum absolute atomic E-state index is 0.115. The van der Waals surface area contributed by atoms with E-state index in [0.29, 0.717) is 24.8 Å². The second-order valence-electron chi connectivity index (χ2n) is 6.22. The molecule has 4 atom stereocenters. The topological polar surface area (TPSA) is 61.3 Å². The number of ether oxygens (including phenoxy) is 1. The number of halogens is 1. The third-order valence-corrected chi connectivity index (χ3v) is 4.57. The summed E-state index contributed by atoms with van der Waals surface area (Å²) < 4.78 is 19.7. The lowest BCUT2D eigenvalue weighted by Gasteiger charge is -2.25. The van der Waals surface area contributed by atoms with Crippen LogP contribution in [0, 0.1) is 11.8 Å². The zero-order valence-corrected chi connectivity index (χ0v) is 13.2. The van der Waals surface area contributed by atoms with Crippen molar-refractivity contribution < 1.29 is 9.13 Å². The van der Waals surface area contributed by atoms with E-state index in [0.717, 1.165) is 37.7 Å². The molecule has 0 aromatic carbocycles. The second kappa shape index (κ2) is 8.50. The Morgan fingerprint density at radius 3 is 2.70 bits per heavy atom. The largest absolute Gasteiger partial charge is 0.479 e. The number of alkyl halides is 1. The minimum atomic E-state index is -0.719. The first kappa shape index (κ1) is 17.3. The highest BCUT2D eigenvalue weighted by Gasteiger charge is 2.31. The fourth-order valence-corrected chi connectivity index (χ4v) is 2.98. The van der Waals surface area contributed by atoms with Crippen LogP contribution in [-0.2, 0) is 4.74 Å². The summed E-state index contributed by atoms with van der Waals surface area (Å²) in [5, 5.41) is 0. The molecule has 3 nitrogen and oxygen atoms in total. The van der Waals surface area contributed by atoms with Crippen molar-refractivity contribution in [1.82, 2.24) is 0 Å². The predicted octanol–water partition coefficient (Wildman–Crippen LogP) is 3.49. The molecule has 1 rings (SSSR count). The highest BCUT2D eigenvalue weighted by atomic mass is 19.1. The quantitative estimate of drug-likeness (QED) is 0.446. The van der Waals surface area contributed by atoms with Gasteiger partial charge in [-0.05, 0) is 62.9 Å². The van der Waals surface area contributed by atoms with Crippen LogP contribution in [0.2, 0.25) is 0 Å². The molecule has 0 bridgehead atoms. The van der Waals surface area contributed by atoms with Crippen LogP contribution in [0.15, 0.2) is 11.5 Å². The fourth-order valence-electron chi connectivity index (χ4n) is 2.98. The number of hydrogen-bond donors (Lipinski definition) is 2. The smallest absolute Gasteiger partial charge is 0.182 e. The Hall–Kier alpha value is -0.770. The van der Waals surface area contributed by atoms with Gasteiger partial charge in [0.05, 0.1) is 6.61 Å². The van der Waals surface area contributed by atoms with Gasteiger partial charge in [0.1, 0.15) is 6.17 Å². The summed E-state index contributed by atoms with van der Waals surface area (Å²) in [5.41, 5.74) is 12.9. The van der Waals surface area contributed by atoms with E-state index in [9.17, 15) is 4.39 Å². The van der Waals surface area contributed by atoms with E-state index < -0.39 is 6.17 Å². The van der Waals surface area contributed by atoms with Gasteiger partial charge in [0.15, 0.2) is 5.88 Å². The minimum Gasteiger partial charge on any atom is -0.479 e. The zero-order chi connectivity index (χ0) is 15.1. The van der Waals surface area contributed by atoms with Crippen LogP contribution in [0.25, 0.3) is 0 Å². The summed E-state index contributed by atoms with van der Waals surface area (Å²) in [5.74, 6) is 0.998. The number of nitrogens with two attached hydrogens (primary N) is 2. The number of allylic oxidation sites excluding steroid dienone is 1. The second-order valence-corrected chi connectivity index (χ2v) is 6.22. The molecule has 2 unspecified atom stereocenters. The molecular formula is C16H31FN2O. The third kappa shape index (κ3) is 5.31. The summed E-state index contributed by atoms with van der Waals surface area (Å²) in [6, 6.07) is 0.162. The molecule has 0 aromatic rings. The van der Waals surface area contributed by atoms with Crippen LogP contribution < -0.4 is 11.5 Å². The lowest BCUT2D eigenvalue weighted by molar-refractivity contribution is 0.139. The molecule has 0 aromatic heterocycles. The highest BCUT2D eigenvalue weighted by molar-refractivity contribution is 5.00. The first-order chi connectivity index (χ1) is 9.45. The molecule has 118 valence electrons. The molecule has 0 saturated heterocycles. The van der Waals surface area contributed by atoms with Gasteiger partial charge in [0.25, 0.3) is 0 Å². The van der Waals surface area contributed by atoms with Crippen molar-refractivity contribution in [3.63, 3.8) is 0 Å². The number of hydrogen-bond acceptors (Lipinski definition) is 3. The molecule has 20 heavy (non-hydrogen) atoms. The SMILES string of the molecule is CC/C(C)=C(\N)OCCC[C@@H]1C(C)C[C@H](N)CCC1F. The molecule has 0 radical (unpaired) electrons. The summed E-state index contributed by atoms with van der Waals surface area (Å²) >= 11 is 0. The van der Waals surface area contributed by atoms with Crippen molar-refractivity contribution in [2.45, 2.75) is 71.5 Å². The zero-order valence-electron chi connectivity index (χ0n) is 13.2. The molecule has 0 aliphatic heterocycles. The van der Waals surface area contributed by atoms with E-state index in [1.165, 1.54) is 0 Å². The maximum Gasteiger partial charge on any atom is 0.182 e. The Morgan fingerprint density at radius 2 is 2.05 bits per heavy atom. The van der Waals surface area contributed by atoms with Gasteiger partial charge in [0.2, 0.25) is 0 Å². The van der Waals surface area contributed by atoms with Gasteiger partial charge in [-0.15, -0.1) is 0 Å². The molecule has 0 spiro atoms.